The average molecular weight is 228 g/mol. The zero-order valence-electron chi connectivity index (χ0n) is 9.29. The molecule has 0 unspecified atom stereocenters. The molecule has 0 saturated carbocycles. The Morgan fingerprint density at radius 2 is 2.07 bits per heavy atom. The molecule has 0 aromatic carbocycles. The largest absolute Gasteiger partial charge is 0.275 e. The summed E-state index contributed by atoms with van der Waals surface area (Å²) in [7, 11) is 1.93. The van der Waals surface area contributed by atoms with Crippen LogP contribution in [0.2, 0.25) is 0 Å². The molecule has 0 atom stereocenters. The van der Waals surface area contributed by atoms with Gasteiger partial charge in [0, 0.05) is 24.2 Å². The third-order valence-corrected chi connectivity index (χ3v) is 3.26. The van der Waals surface area contributed by atoms with Gasteiger partial charge in [0.1, 0.15) is 0 Å². The molecule has 1 aromatic heterocycles. The molecule has 1 rings (SSSR count). The number of thiocarbonyl (C=S) groups is 1. The average Bonchev–Trinajstić information content (AvgIpc) is 2.45. The highest BCUT2D eigenvalue weighted by Crippen LogP contribution is 2.26. The number of aromatic nitrogens is 2. The van der Waals surface area contributed by atoms with E-state index in [1.807, 2.05) is 24.2 Å². The Labute approximate surface area is 95.1 Å². The number of rotatable bonds is 1. The molecule has 0 fully saturated rings. The second-order valence-corrected chi connectivity index (χ2v) is 5.79. The van der Waals surface area contributed by atoms with E-state index in [2.05, 4.69) is 25.9 Å². The first kappa shape index (κ1) is 11.7. The predicted octanol–water partition coefficient (Wildman–Crippen LogP) is 2.76. The first-order valence-corrected chi connectivity index (χ1v) is 6.12. The van der Waals surface area contributed by atoms with Gasteiger partial charge in [0.15, 0.2) is 0 Å². The Balaban J connectivity index is 3.23. The van der Waals surface area contributed by atoms with E-state index in [9.17, 15) is 0 Å². The van der Waals surface area contributed by atoms with E-state index in [1.54, 1.807) is 11.8 Å². The van der Waals surface area contributed by atoms with Crippen molar-refractivity contribution in [1.82, 2.24) is 9.78 Å². The van der Waals surface area contributed by atoms with Gasteiger partial charge in [-0.2, -0.15) is 5.10 Å². The molecule has 0 aliphatic rings. The van der Waals surface area contributed by atoms with Crippen molar-refractivity contribution in [2.75, 3.05) is 6.26 Å². The van der Waals surface area contributed by atoms with E-state index in [-0.39, 0.29) is 5.41 Å². The van der Waals surface area contributed by atoms with Crippen molar-refractivity contribution in [2.45, 2.75) is 26.2 Å². The Morgan fingerprint density at radius 1 is 1.50 bits per heavy atom. The van der Waals surface area contributed by atoms with Crippen molar-refractivity contribution in [3.05, 3.63) is 17.5 Å². The standard InChI is InChI=1S/C10H16N2S2/c1-10(2,3)8-7(9(13)14-5)6-12(4)11-8/h6H,1-5H3. The fraction of sp³-hybridized carbons (Fsp3) is 0.600. The lowest BCUT2D eigenvalue weighted by Gasteiger charge is -2.17. The topological polar surface area (TPSA) is 17.8 Å². The van der Waals surface area contributed by atoms with Crippen molar-refractivity contribution in [1.29, 1.82) is 0 Å². The van der Waals surface area contributed by atoms with Crippen molar-refractivity contribution >= 4 is 28.2 Å². The Kier molecular flexibility index (Phi) is 3.37. The van der Waals surface area contributed by atoms with Crippen LogP contribution in [0.25, 0.3) is 0 Å². The van der Waals surface area contributed by atoms with E-state index in [0.717, 1.165) is 15.5 Å². The second kappa shape index (κ2) is 4.03. The molecule has 0 aliphatic carbocycles. The molecule has 0 spiro atoms. The zero-order valence-corrected chi connectivity index (χ0v) is 10.9. The molecule has 0 aliphatic heterocycles. The smallest absolute Gasteiger partial charge is 0.0810 e. The number of thioether (sulfide) groups is 1. The molecule has 0 N–H and O–H groups in total. The number of nitrogens with zero attached hydrogens (tertiary/aromatic N) is 2. The van der Waals surface area contributed by atoms with Gasteiger partial charge >= 0.3 is 0 Å². The molecular formula is C10H16N2S2. The zero-order chi connectivity index (χ0) is 10.9. The third-order valence-electron chi connectivity index (χ3n) is 1.94. The molecule has 0 bridgehead atoms. The molecular weight excluding hydrogens is 212 g/mol. The van der Waals surface area contributed by atoms with Crippen molar-refractivity contribution in [2.24, 2.45) is 7.05 Å². The van der Waals surface area contributed by atoms with Gasteiger partial charge in [0.2, 0.25) is 0 Å². The highest BCUT2D eigenvalue weighted by atomic mass is 32.2. The van der Waals surface area contributed by atoms with Gasteiger partial charge in [-0.3, -0.25) is 4.68 Å². The minimum absolute atomic E-state index is 0.0520. The lowest BCUT2D eigenvalue weighted by atomic mass is 9.90. The van der Waals surface area contributed by atoms with Crippen LogP contribution in [0.3, 0.4) is 0 Å². The Hall–Kier alpha value is -0.350. The van der Waals surface area contributed by atoms with Crippen LogP contribution in [0, 0.1) is 0 Å². The highest BCUT2D eigenvalue weighted by molar-refractivity contribution is 8.23. The SMILES string of the molecule is CSC(=S)c1cn(C)nc1C(C)(C)C. The van der Waals surface area contributed by atoms with Crippen LogP contribution >= 0.6 is 24.0 Å². The van der Waals surface area contributed by atoms with E-state index in [4.69, 9.17) is 12.2 Å². The molecule has 0 radical (unpaired) electrons. The van der Waals surface area contributed by atoms with Gasteiger partial charge in [0.05, 0.1) is 9.89 Å². The van der Waals surface area contributed by atoms with Crippen LogP contribution in [0.1, 0.15) is 32.0 Å². The van der Waals surface area contributed by atoms with Crippen LogP contribution in [0.4, 0.5) is 0 Å². The normalized spacial score (nSPS) is 11.8. The summed E-state index contributed by atoms with van der Waals surface area (Å²) >= 11 is 6.90. The minimum Gasteiger partial charge on any atom is -0.275 e. The Bertz CT molecular complexity index is 347. The number of hydrogen-bond donors (Lipinski definition) is 0. The minimum atomic E-state index is 0.0520. The van der Waals surface area contributed by atoms with Gasteiger partial charge < -0.3 is 0 Å². The number of hydrogen-bond acceptors (Lipinski definition) is 3. The van der Waals surface area contributed by atoms with Gasteiger partial charge in [-0.1, -0.05) is 33.0 Å². The van der Waals surface area contributed by atoms with Gasteiger partial charge in [0.25, 0.3) is 0 Å². The first-order chi connectivity index (χ1) is 6.36. The quantitative estimate of drug-likeness (QED) is 0.688. The molecule has 4 heteroatoms. The molecule has 1 aromatic rings. The van der Waals surface area contributed by atoms with Crippen molar-refractivity contribution < 1.29 is 0 Å². The molecule has 0 saturated heterocycles. The van der Waals surface area contributed by atoms with E-state index in [0.29, 0.717) is 0 Å². The third kappa shape index (κ3) is 2.36. The molecule has 1 heterocycles. The van der Waals surface area contributed by atoms with Crippen LogP contribution in [-0.2, 0) is 12.5 Å². The molecule has 14 heavy (non-hydrogen) atoms. The highest BCUT2D eigenvalue weighted by Gasteiger charge is 2.23. The first-order valence-electron chi connectivity index (χ1n) is 4.48. The fourth-order valence-corrected chi connectivity index (χ4v) is 1.82. The summed E-state index contributed by atoms with van der Waals surface area (Å²) in [6, 6.07) is 0. The lowest BCUT2D eigenvalue weighted by molar-refractivity contribution is 0.552. The lowest BCUT2D eigenvalue weighted by Crippen LogP contribution is -2.15. The van der Waals surface area contributed by atoms with Crippen LogP contribution in [-0.4, -0.2) is 20.2 Å². The van der Waals surface area contributed by atoms with Gasteiger partial charge in [-0.15, -0.1) is 11.8 Å². The summed E-state index contributed by atoms with van der Waals surface area (Å²) < 4.78 is 2.75. The van der Waals surface area contributed by atoms with Crippen LogP contribution in [0.5, 0.6) is 0 Å². The Morgan fingerprint density at radius 3 is 2.50 bits per heavy atom. The van der Waals surface area contributed by atoms with Crippen molar-refractivity contribution in [3.63, 3.8) is 0 Å². The van der Waals surface area contributed by atoms with E-state index >= 15 is 0 Å². The molecule has 0 amide bonds. The molecule has 78 valence electrons. The summed E-state index contributed by atoms with van der Waals surface area (Å²) in [5.41, 5.74) is 2.23. The molecule has 2 nitrogen and oxygen atoms in total. The van der Waals surface area contributed by atoms with E-state index in [1.165, 1.54) is 0 Å². The maximum absolute atomic E-state index is 5.30. The summed E-state index contributed by atoms with van der Waals surface area (Å²) in [6.07, 6.45) is 4.00. The maximum Gasteiger partial charge on any atom is 0.0810 e. The van der Waals surface area contributed by atoms with Crippen molar-refractivity contribution in [3.8, 4) is 0 Å². The van der Waals surface area contributed by atoms with Crippen LogP contribution in [0.15, 0.2) is 6.20 Å². The van der Waals surface area contributed by atoms with Crippen LogP contribution < -0.4 is 0 Å². The van der Waals surface area contributed by atoms with Gasteiger partial charge in [-0.25, -0.2) is 0 Å². The summed E-state index contributed by atoms with van der Waals surface area (Å²) in [5.74, 6) is 0. The van der Waals surface area contributed by atoms with Gasteiger partial charge in [-0.05, 0) is 6.26 Å². The fourth-order valence-electron chi connectivity index (χ4n) is 1.30. The summed E-state index contributed by atoms with van der Waals surface area (Å²) in [5, 5.41) is 4.47. The maximum atomic E-state index is 5.30. The van der Waals surface area contributed by atoms with E-state index < -0.39 is 0 Å². The predicted molar refractivity (Wildman–Crippen MR) is 67.1 cm³/mol. The second-order valence-electron chi connectivity index (χ2n) is 4.31. The monoisotopic (exact) mass is 228 g/mol. The summed E-state index contributed by atoms with van der Waals surface area (Å²) in [6.45, 7) is 6.46. The number of aryl methyl sites for hydroxylation is 1. The summed E-state index contributed by atoms with van der Waals surface area (Å²) in [4.78, 5) is 0.